The van der Waals surface area contributed by atoms with Gasteiger partial charge in [0.05, 0.1) is 5.56 Å². The first-order valence-electron chi connectivity index (χ1n) is 6.13. The predicted octanol–water partition coefficient (Wildman–Crippen LogP) is 3.57. The van der Waals surface area contributed by atoms with Gasteiger partial charge >= 0.3 is 6.18 Å². The molecule has 0 amide bonds. The van der Waals surface area contributed by atoms with Crippen molar-refractivity contribution < 1.29 is 37.0 Å². The second kappa shape index (κ2) is 6.82. The zero-order chi connectivity index (χ0) is 16.9. The molecule has 0 fully saturated rings. The number of rotatable bonds is 6. The van der Waals surface area contributed by atoms with Gasteiger partial charge < -0.3 is 14.2 Å². The third kappa shape index (κ3) is 4.47. The van der Waals surface area contributed by atoms with Gasteiger partial charge in [-0.25, -0.2) is 0 Å². The molecule has 5 nitrogen and oxygen atoms in total. The summed E-state index contributed by atoms with van der Waals surface area (Å²) in [6.07, 6.45) is -4.44. The van der Waals surface area contributed by atoms with E-state index in [1.807, 2.05) is 0 Å². The number of alkyl halides is 3. The van der Waals surface area contributed by atoms with Gasteiger partial charge in [0, 0.05) is 18.2 Å². The molecule has 2 aromatic carbocycles. The number of ether oxygens (including phenoxy) is 3. The van der Waals surface area contributed by atoms with E-state index in [1.165, 1.54) is 18.2 Å². The Morgan fingerprint density at radius 2 is 1.22 bits per heavy atom. The second-order valence-electron chi connectivity index (χ2n) is 4.19. The van der Waals surface area contributed by atoms with Crippen LogP contribution in [0.2, 0.25) is 0 Å². The summed E-state index contributed by atoms with van der Waals surface area (Å²) >= 11 is 0. The van der Waals surface area contributed by atoms with E-state index in [0.29, 0.717) is 0 Å². The van der Waals surface area contributed by atoms with Crippen LogP contribution in [0.5, 0.6) is 23.0 Å². The molecule has 0 aliphatic carbocycles. The summed E-state index contributed by atoms with van der Waals surface area (Å²) in [7, 11) is 0. The monoisotopic (exact) mass is 326 g/mol. The van der Waals surface area contributed by atoms with Crippen molar-refractivity contribution in [2.24, 2.45) is 0 Å². The Hall–Kier alpha value is -3.03. The molecular weight excluding hydrogens is 317 g/mol. The first kappa shape index (κ1) is 16.3. The molecule has 120 valence electrons. The van der Waals surface area contributed by atoms with Crippen molar-refractivity contribution in [1.29, 1.82) is 0 Å². The van der Waals surface area contributed by atoms with Crippen LogP contribution in [-0.2, 0) is 15.8 Å². The van der Waals surface area contributed by atoms with E-state index in [9.17, 15) is 22.8 Å². The Morgan fingerprint density at radius 1 is 0.739 bits per heavy atom. The molecular formula is C15H9F3O5. The lowest BCUT2D eigenvalue weighted by molar-refractivity contribution is -0.137. The molecule has 0 N–H and O–H groups in total. The van der Waals surface area contributed by atoms with E-state index >= 15 is 0 Å². The topological polar surface area (TPSA) is 61.8 Å². The van der Waals surface area contributed by atoms with E-state index in [1.54, 1.807) is 0 Å². The van der Waals surface area contributed by atoms with Crippen LogP contribution in [-0.4, -0.2) is 12.9 Å². The van der Waals surface area contributed by atoms with E-state index in [4.69, 9.17) is 4.74 Å². The van der Waals surface area contributed by atoms with Gasteiger partial charge in [0.1, 0.15) is 23.0 Å². The molecule has 2 rings (SSSR count). The summed E-state index contributed by atoms with van der Waals surface area (Å²) in [4.78, 5) is 20.7. The third-order valence-corrected chi connectivity index (χ3v) is 2.64. The molecule has 0 unspecified atom stereocenters. The summed E-state index contributed by atoms with van der Waals surface area (Å²) < 4.78 is 52.1. The van der Waals surface area contributed by atoms with Gasteiger partial charge in [0.15, 0.2) is 0 Å². The minimum atomic E-state index is -4.44. The summed E-state index contributed by atoms with van der Waals surface area (Å²) in [5.41, 5.74) is -0.812. The SMILES string of the molecule is O=COc1cc(OC=O)cc(Oc2ccc(C(F)(F)F)cc2)c1. The summed E-state index contributed by atoms with van der Waals surface area (Å²) in [5, 5.41) is 0. The number of benzene rings is 2. The predicted molar refractivity (Wildman–Crippen MR) is 71.3 cm³/mol. The van der Waals surface area contributed by atoms with E-state index in [2.05, 4.69) is 9.47 Å². The average molecular weight is 326 g/mol. The molecule has 0 aromatic heterocycles. The van der Waals surface area contributed by atoms with Gasteiger partial charge in [-0.15, -0.1) is 0 Å². The zero-order valence-corrected chi connectivity index (χ0v) is 11.4. The lowest BCUT2D eigenvalue weighted by Gasteiger charge is -2.10. The quantitative estimate of drug-likeness (QED) is 0.760. The fourth-order valence-corrected chi connectivity index (χ4v) is 1.70. The smallest absolute Gasteiger partial charge is 0.416 e. The van der Waals surface area contributed by atoms with Crippen molar-refractivity contribution in [1.82, 2.24) is 0 Å². The van der Waals surface area contributed by atoms with Crippen LogP contribution in [0.15, 0.2) is 42.5 Å². The van der Waals surface area contributed by atoms with E-state index < -0.39 is 11.7 Å². The highest BCUT2D eigenvalue weighted by atomic mass is 19.4. The van der Waals surface area contributed by atoms with Crippen molar-refractivity contribution in [3.63, 3.8) is 0 Å². The maximum Gasteiger partial charge on any atom is 0.416 e. The van der Waals surface area contributed by atoms with Crippen LogP contribution >= 0.6 is 0 Å². The van der Waals surface area contributed by atoms with Gasteiger partial charge in [-0.05, 0) is 24.3 Å². The van der Waals surface area contributed by atoms with Crippen molar-refractivity contribution >= 4 is 12.9 Å². The Labute approximate surface area is 128 Å². The first-order chi connectivity index (χ1) is 10.9. The molecule has 2 aromatic rings. The number of hydrogen-bond acceptors (Lipinski definition) is 5. The maximum atomic E-state index is 12.5. The number of carbonyl (C=O) groups excluding carboxylic acids is 2. The molecule has 8 heteroatoms. The molecule has 0 bridgehead atoms. The molecule has 0 saturated heterocycles. The van der Waals surface area contributed by atoms with Crippen LogP contribution in [0.3, 0.4) is 0 Å². The first-order valence-corrected chi connectivity index (χ1v) is 6.13. The van der Waals surface area contributed by atoms with Crippen molar-refractivity contribution in [2.45, 2.75) is 6.18 Å². The van der Waals surface area contributed by atoms with Gasteiger partial charge in [-0.1, -0.05) is 0 Å². The van der Waals surface area contributed by atoms with Gasteiger partial charge in [-0.2, -0.15) is 13.2 Å². The zero-order valence-electron chi connectivity index (χ0n) is 11.4. The third-order valence-electron chi connectivity index (χ3n) is 2.64. The van der Waals surface area contributed by atoms with Crippen molar-refractivity contribution in [3.8, 4) is 23.0 Å². The minimum Gasteiger partial charge on any atom is -0.457 e. The summed E-state index contributed by atoms with van der Waals surface area (Å²) in [6.45, 7) is 0.337. The second-order valence-corrected chi connectivity index (χ2v) is 4.19. The highest BCUT2D eigenvalue weighted by Gasteiger charge is 2.30. The number of hydrogen-bond donors (Lipinski definition) is 0. The van der Waals surface area contributed by atoms with Crippen LogP contribution in [0.25, 0.3) is 0 Å². The lowest BCUT2D eigenvalue weighted by Crippen LogP contribution is -2.04. The van der Waals surface area contributed by atoms with E-state index in [-0.39, 0.29) is 35.9 Å². The van der Waals surface area contributed by atoms with E-state index in [0.717, 1.165) is 24.3 Å². The average Bonchev–Trinajstić information content (AvgIpc) is 2.47. The molecule has 0 atom stereocenters. The van der Waals surface area contributed by atoms with Crippen LogP contribution in [0, 0.1) is 0 Å². The van der Waals surface area contributed by atoms with Gasteiger partial charge in [-0.3, -0.25) is 9.59 Å². The van der Waals surface area contributed by atoms with Crippen molar-refractivity contribution in [3.05, 3.63) is 48.0 Å². The molecule has 0 aliphatic heterocycles. The normalized spacial score (nSPS) is 10.7. The lowest BCUT2D eigenvalue weighted by atomic mass is 10.2. The maximum absolute atomic E-state index is 12.5. The molecule has 0 saturated carbocycles. The molecule has 23 heavy (non-hydrogen) atoms. The van der Waals surface area contributed by atoms with Gasteiger partial charge in [0.25, 0.3) is 12.9 Å². The molecule has 0 radical (unpaired) electrons. The number of halogens is 3. The molecule has 0 spiro atoms. The Bertz CT molecular complexity index is 667. The summed E-state index contributed by atoms with van der Waals surface area (Å²) in [6, 6.07) is 7.89. The Morgan fingerprint density at radius 3 is 1.65 bits per heavy atom. The Kier molecular flexibility index (Phi) is 4.85. The largest absolute Gasteiger partial charge is 0.457 e. The fourth-order valence-electron chi connectivity index (χ4n) is 1.70. The standard InChI is InChI=1S/C15H9F3O5/c16-15(17,18)10-1-3-11(4-2-10)23-14-6-12(21-8-19)5-13(7-14)22-9-20/h1-9H. The highest BCUT2D eigenvalue weighted by molar-refractivity contribution is 5.53. The minimum absolute atomic E-state index is 0.0428. The molecule has 0 heterocycles. The molecule has 0 aliphatic rings. The number of carbonyl (C=O) groups is 2. The van der Waals surface area contributed by atoms with Crippen molar-refractivity contribution in [2.75, 3.05) is 0 Å². The van der Waals surface area contributed by atoms with Crippen LogP contribution < -0.4 is 14.2 Å². The van der Waals surface area contributed by atoms with Crippen LogP contribution in [0.1, 0.15) is 5.56 Å². The summed E-state index contributed by atoms with van der Waals surface area (Å²) in [5.74, 6) is 0.321. The Balaban J connectivity index is 2.24. The highest BCUT2D eigenvalue weighted by Crippen LogP contribution is 2.33. The fraction of sp³-hybridized carbons (Fsp3) is 0.0667. The van der Waals surface area contributed by atoms with Gasteiger partial charge in [0.2, 0.25) is 0 Å². The van der Waals surface area contributed by atoms with Crippen LogP contribution in [0.4, 0.5) is 13.2 Å².